The van der Waals surface area contributed by atoms with Crippen molar-refractivity contribution in [2.24, 2.45) is 0 Å². The third-order valence-electron chi connectivity index (χ3n) is 3.02. The number of pyridine rings is 1. The van der Waals surface area contributed by atoms with Gasteiger partial charge in [-0.2, -0.15) is 0 Å². The summed E-state index contributed by atoms with van der Waals surface area (Å²) in [4.78, 5) is 9.07. The van der Waals surface area contributed by atoms with E-state index >= 15 is 0 Å². The summed E-state index contributed by atoms with van der Waals surface area (Å²) in [7, 11) is 0. The monoisotopic (exact) mass is 257 g/mol. The topological polar surface area (TPSA) is 51.8 Å². The van der Waals surface area contributed by atoms with Crippen LogP contribution in [-0.2, 0) is 6.42 Å². The first kappa shape index (κ1) is 11.4. The number of nitrogen functional groups attached to an aromatic ring is 1. The summed E-state index contributed by atoms with van der Waals surface area (Å²) in [5, 5.41) is 2.30. The van der Waals surface area contributed by atoms with Crippen LogP contribution in [-0.4, -0.2) is 9.97 Å². The van der Waals surface area contributed by atoms with Gasteiger partial charge in [-0.25, -0.2) is 9.97 Å². The van der Waals surface area contributed by atoms with Gasteiger partial charge in [0.1, 0.15) is 5.52 Å². The van der Waals surface area contributed by atoms with Gasteiger partial charge in [-0.1, -0.05) is 19.1 Å². The van der Waals surface area contributed by atoms with E-state index in [1.807, 2.05) is 0 Å². The molecular formula is C14H15N3S. The van der Waals surface area contributed by atoms with Crippen LogP contribution in [0.5, 0.6) is 0 Å². The van der Waals surface area contributed by atoms with E-state index in [2.05, 4.69) is 42.0 Å². The molecule has 3 nitrogen and oxygen atoms in total. The molecule has 3 aromatic rings. The second kappa shape index (κ2) is 4.21. The standard InChI is InChI=1S/C14H15N3S/c1-3-4-11-17-12-13(18-11)9-6-5-8(2)7-10(9)16-14(12)15/h5-7H,3-4H2,1-2H3,(H2,15,16). The summed E-state index contributed by atoms with van der Waals surface area (Å²) < 4.78 is 1.17. The van der Waals surface area contributed by atoms with E-state index in [4.69, 9.17) is 5.73 Å². The maximum Gasteiger partial charge on any atom is 0.151 e. The number of benzene rings is 1. The van der Waals surface area contributed by atoms with E-state index in [-0.39, 0.29) is 0 Å². The van der Waals surface area contributed by atoms with Crippen molar-refractivity contribution in [3.05, 3.63) is 28.8 Å². The average molecular weight is 257 g/mol. The molecule has 2 aromatic heterocycles. The van der Waals surface area contributed by atoms with Crippen molar-refractivity contribution >= 4 is 38.3 Å². The van der Waals surface area contributed by atoms with Crippen LogP contribution in [0.1, 0.15) is 23.9 Å². The average Bonchev–Trinajstić information content (AvgIpc) is 2.74. The van der Waals surface area contributed by atoms with Gasteiger partial charge in [-0.05, 0) is 31.4 Å². The van der Waals surface area contributed by atoms with Gasteiger partial charge in [0.2, 0.25) is 0 Å². The lowest BCUT2D eigenvalue weighted by molar-refractivity contribution is 0.913. The smallest absolute Gasteiger partial charge is 0.151 e. The molecule has 0 amide bonds. The quantitative estimate of drug-likeness (QED) is 0.761. The number of aryl methyl sites for hydroxylation is 2. The maximum absolute atomic E-state index is 6.01. The van der Waals surface area contributed by atoms with Gasteiger partial charge in [-0.3, -0.25) is 0 Å². The molecule has 0 unspecified atom stereocenters. The van der Waals surface area contributed by atoms with E-state index < -0.39 is 0 Å². The second-order valence-corrected chi connectivity index (χ2v) is 5.64. The van der Waals surface area contributed by atoms with Crippen LogP contribution >= 0.6 is 11.3 Å². The minimum atomic E-state index is 0.543. The summed E-state index contributed by atoms with van der Waals surface area (Å²) in [6, 6.07) is 6.30. The third-order valence-corrected chi connectivity index (χ3v) is 4.17. The summed E-state index contributed by atoms with van der Waals surface area (Å²) >= 11 is 1.74. The molecule has 2 N–H and O–H groups in total. The number of fused-ring (bicyclic) bond motifs is 3. The fourth-order valence-electron chi connectivity index (χ4n) is 2.15. The molecule has 92 valence electrons. The van der Waals surface area contributed by atoms with Gasteiger partial charge in [0.15, 0.2) is 5.82 Å². The molecule has 2 heterocycles. The van der Waals surface area contributed by atoms with Crippen molar-refractivity contribution in [3.8, 4) is 0 Å². The van der Waals surface area contributed by atoms with Crippen molar-refractivity contribution in [2.75, 3.05) is 5.73 Å². The Morgan fingerprint density at radius 2 is 2.11 bits per heavy atom. The molecule has 0 saturated carbocycles. The van der Waals surface area contributed by atoms with Gasteiger partial charge in [0.05, 0.1) is 15.2 Å². The zero-order valence-corrected chi connectivity index (χ0v) is 11.3. The summed E-state index contributed by atoms with van der Waals surface area (Å²) in [5.74, 6) is 0.543. The minimum Gasteiger partial charge on any atom is -0.382 e. The van der Waals surface area contributed by atoms with Crippen molar-refractivity contribution in [1.29, 1.82) is 0 Å². The zero-order valence-electron chi connectivity index (χ0n) is 10.5. The molecule has 3 rings (SSSR count). The van der Waals surface area contributed by atoms with Crippen LogP contribution in [0.4, 0.5) is 5.82 Å². The van der Waals surface area contributed by atoms with E-state index in [0.717, 1.165) is 34.3 Å². The van der Waals surface area contributed by atoms with Crippen molar-refractivity contribution < 1.29 is 0 Å². The Balaban J connectivity index is 2.37. The number of hydrogen-bond donors (Lipinski definition) is 1. The zero-order chi connectivity index (χ0) is 12.7. The molecule has 0 bridgehead atoms. The van der Waals surface area contributed by atoms with E-state index in [9.17, 15) is 0 Å². The number of hydrogen-bond acceptors (Lipinski definition) is 4. The predicted octanol–water partition coefficient (Wildman–Crippen LogP) is 3.69. The largest absolute Gasteiger partial charge is 0.382 e. The van der Waals surface area contributed by atoms with Gasteiger partial charge in [0.25, 0.3) is 0 Å². The molecule has 18 heavy (non-hydrogen) atoms. The number of anilines is 1. The fraction of sp³-hybridized carbons (Fsp3) is 0.286. The first-order chi connectivity index (χ1) is 8.69. The Morgan fingerprint density at radius 1 is 1.28 bits per heavy atom. The number of nitrogens with zero attached hydrogens (tertiary/aromatic N) is 2. The number of aromatic nitrogens is 2. The van der Waals surface area contributed by atoms with Crippen LogP contribution in [0, 0.1) is 6.92 Å². The normalized spacial score (nSPS) is 11.4. The highest BCUT2D eigenvalue weighted by Crippen LogP contribution is 2.33. The highest BCUT2D eigenvalue weighted by atomic mass is 32.1. The third kappa shape index (κ3) is 1.73. The lowest BCUT2D eigenvalue weighted by atomic mass is 10.1. The molecule has 0 aliphatic carbocycles. The number of thiazole rings is 1. The van der Waals surface area contributed by atoms with Crippen molar-refractivity contribution in [3.63, 3.8) is 0 Å². The number of nitrogens with two attached hydrogens (primary N) is 1. The molecule has 0 fully saturated rings. The lowest BCUT2D eigenvalue weighted by Gasteiger charge is -2.01. The minimum absolute atomic E-state index is 0.543. The second-order valence-electron chi connectivity index (χ2n) is 4.55. The first-order valence-electron chi connectivity index (χ1n) is 6.14. The van der Waals surface area contributed by atoms with Gasteiger partial charge >= 0.3 is 0 Å². The Hall–Kier alpha value is -1.68. The van der Waals surface area contributed by atoms with E-state index in [0.29, 0.717) is 5.82 Å². The highest BCUT2D eigenvalue weighted by molar-refractivity contribution is 7.19. The fourth-order valence-corrected chi connectivity index (χ4v) is 3.36. The van der Waals surface area contributed by atoms with Crippen LogP contribution in [0.15, 0.2) is 18.2 Å². The SMILES string of the molecule is CCCc1nc2c(N)nc3cc(C)ccc3c2s1. The molecule has 0 aliphatic heterocycles. The molecule has 1 aromatic carbocycles. The van der Waals surface area contributed by atoms with Gasteiger partial charge < -0.3 is 5.73 Å². The molecule has 4 heteroatoms. The Kier molecular flexibility index (Phi) is 2.67. The maximum atomic E-state index is 6.01. The highest BCUT2D eigenvalue weighted by Gasteiger charge is 2.11. The van der Waals surface area contributed by atoms with Crippen molar-refractivity contribution in [1.82, 2.24) is 9.97 Å². The van der Waals surface area contributed by atoms with E-state index in [1.54, 1.807) is 11.3 Å². The van der Waals surface area contributed by atoms with Crippen LogP contribution in [0.2, 0.25) is 0 Å². The van der Waals surface area contributed by atoms with Gasteiger partial charge in [-0.15, -0.1) is 11.3 Å². The van der Waals surface area contributed by atoms with Crippen molar-refractivity contribution in [2.45, 2.75) is 26.7 Å². The summed E-state index contributed by atoms with van der Waals surface area (Å²) in [6.07, 6.45) is 2.11. The van der Waals surface area contributed by atoms with Crippen LogP contribution < -0.4 is 5.73 Å². The Morgan fingerprint density at radius 3 is 2.89 bits per heavy atom. The molecular weight excluding hydrogens is 242 g/mol. The van der Waals surface area contributed by atoms with Gasteiger partial charge in [0, 0.05) is 5.39 Å². The van der Waals surface area contributed by atoms with E-state index in [1.165, 1.54) is 10.3 Å². The summed E-state index contributed by atoms with van der Waals surface area (Å²) in [6.45, 7) is 4.23. The lowest BCUT2D eigenvalue weighted by Crippen LogP contribution is -1.93. The van der Waals surface area contributed by atoms with Crippen LogP contribution in [0.3, 0.4) is 0 Å². The Labute approximate surface area is 110 Å². The molecule has 0 aliphatic rings. The molecule has 0 spiro atoms. The molecule has 0 radical (unpaired) electrons. The first-order valence-corrected chi connectivity index (χ1v) is 6.96. The van der Waals surface area contributed by atoms with Crippen LogP contribution in [0.25, 0.3) is 21.1 Å². The summed E-state index contributed by atoms with van der Waals surface area (Å²) in [5.41, 5.74) is 9.04. The molecule has 0 saturated heterocycles. The molecule has 0 atom stereocenters. The Bertz CT molecular complexity index is 731. The predicted molar refractivity (Wildman–Crippen MR) is 78.1 cm³/mol. The number of rotatable bonds is 2.